The molecule has 0 saturated heterocycles. The number of aromatic nitrogens is 2. The molecule has 0 radical (unpaired) electrons. The van der Waals surface area contributed by atoms with Crippen molar-refractivity contribution in [3.8, 4) is 11.6 Å². The van der Waals surface area contributed by atoms with Crippen molar-refractivity contribution in [3.05, 3.63) is 35.9 Å². The van der Waals surface area contributed by atoms with Crippen molar-refractivity contribution >= 4 is 11.8 Å². The first-order chi connectivity index (χ1) is 9.71. The fourth-order valence-corrected chi connectivity index (χ4v) is 1.67. The molecule has 3 N–H and O–H groups in total. The molecule has 0 atom stereocenters. The molecule has 0 amide bonds. The van der Waals surface area contributed by atoms with Gasteiger partial charge >= 0.3 is 0 Å². The first-order valence-corrected chi connectivity index (χ1v) is 6.35. The summed E-state index contributed by atoms with van der Waals surface area (Å²) in [5.41, 5.74) is 6.66. The van der Waals surface area contributed by atoms with Gasteiger partial charge in [-0.05, 0) is 24.6 Å². The van der Waals surface area contributed by atoms with Gasteiger partial charge in [-0.25, -0.2) is 0 Å². The van der Waals surface area contributed by atoms with Crippen LogP contribution in [-0.4, -0.2) is 23.6 Å². The van der Waals surface area contributed by atoms with Gasteiger partial charge in [0.1, 0.15) is 18.2 Å². The number of benzene rings is 1. The summed E-state index contributed by atoms with van der Waals surface area (Å²) < 4.78 is 10.7. The molecular weight excluding hydrogens is 256 g/mol. The van der Waals surface area contributed by atoms with Gasteiger partial charge in [-0.3, -0.25) is 0 Å². The number of rotatable bonds is 6. The zero-order valence-corrected chi connectivity index (χ0v) is 11.6. The number of hydrogen-bond donors (Lipinski definition) is 2. The number of nitrogen functional groups attached to an aromatic ring is 1. The number of nitrogens with two attached hydrogens (primary N) is 1. The van der Waals surface area contributed by atoms with Gasteiger partial charge < -0.3 is 20.5 Å². The van der Waals surface area contributed by atoms with E-state index in [1.54, 1.807) is 13.2 Å². The lowest BCUT2D eigenvalue weighted by Gasteiger charge is -2.09. The van der Waals surface area contributed by atoms with E-state index in [4.69, 9.17) is 15.2 Å². The van der Waals surface area contributed by atoms with Crippen LogP contribution in [0.15, 0.2) is 30.3 Å². The molecule has 20 heavy (non-hydrogen) atoms. The standard InChI is InChI=1S/C14H18N4O2/c1-3-16-12-8-13(18-14(15)17-12)20-9-10-4-6-11(19-2)7-5-10/h4-8H,3,9H2,1-2H3,(H3,15,16,17,18). The van der Waals surface area contributed by atoms with Crippen molar-refractivity contribution < 1.29 is 9.47 Å². The Bertz CT molecular complexity index is 558. The van der Waals surface area contributed by atoms with E-state index in [-0.39, 0.29) is 5.95 Å². The lowest BCUT2D eigenvalue weighted by atomic mass is 10.2. The molecule has 0 unspecified atom stereocenters. The Balaban J connectivity index is 2.02. The molecule has 1 aromatic heterocycles. The van der Waals surface area contributed by atoms with Crippen molar-refractivity contribution in [1.29, 1.82) is 0 Å². The van der Waals surface area contributed by atoms with Gasteiger partial charge in [-0.2, -0.15) is 9.97 Å². The third-order valence-corrected chi connectivity index (χ3v) is 2.62. The zero-order valence-electron chi connectivity index (χ0n) is 11.6. The van der Waals surface area contributed by atoms with E-state index >= 15 is 0 Å². The quantitative estimate of drug-likeness (QED) is 0.839. The molecule has 106 valence electrons. The Morgan fingerprint density at radius 1 is 1.20 bits per heavy atom. The van der Waals surface area contributed by atoms with Gasteiger partial charge in [-0.15, -0.1) is 0 Å². The van der Waals surface area contributed by atoms with Crippen LogP contribution < -0.4 is 20.5 Å². The zero-order chi connectivity index (χ0) is 14.4. The van der Waals surface area contributed by atoms with Gasteiger partial charge in [0.25, 0.3) is 0 Å². The molecule has 0 aliphatic carbocycles. The number of hydrogen-bond acceptors (Lipinski definition) is 6. The van der Waals surface area contributed by atoms with Crippen LogP contribution in [-0.2, 0) is 6.61 Å². The minimum absolute atomic E-state index is 0.188. The molecule has 0 spiro atoms. The molecule has 2 rings (SSSR count). The Morgan fingerprint density at radius 3 is 2.60 bits per heavy atom. The molecule has 0 fully saturated rings. The molecule has 0 aliphatic heterocycles. The maximum atomic E-state index is 5.64. The fraction of sp³-hybridized carbons (Fsp3) is 0.286. The molecule has 0 aliphatic rings. The SMILES string of the molecule is CCNc1cc(OCc2ccc(OC)cc2)nc(N)n1. The van der Waals surface area contributed by atoms with Crippen molar-refractivity contribution in [2.24, 2.45) is 0 Å². The van der Waals surface area contributed by atoms with Crippen LogP contribution in [0.3, 0.4) is 0 Å². The van der Waals surface area contributed by atoms with Gasteiger partial charge in [0.2, 0.25) is 11.8 Å². The summed E-state index contributed by atoms with van der Waals surface area (Å²) in [6, 6.07) is 9.38. The molecule has 0 saturated carbocycles. The van der Waals surface area contributed by atoms with E-state index in [0.29, 0.717) is 18.3 Å². The molecule has 2 aromatic rings. The first kappa shape index (κ1) is 13.9. The monoisotopic (exact) mass is 274 g/mol. The lowest BCUT2D eigenvalue weighted by Crippen LogP contribution is -2.05. The Labute approximate surface area is 118 Å². The average molecular weight is 274 g/mol. The lowest BCUT2D eigenvalue weighted by molar-refractivity contribution is 0.294. The Hall–Kier alpha value is -2.50. The van der Waals surface area contributed by atoms with Crippen LogP contribution >= 0.6 is 0 Å². The second-order valence-corrected chi connectivity index (χ2v) is 4.12. The van der Waals surface area contributed by atoms with Crippen molar-refractivity contribution in [3.63, 3.8) is 0 Å². The summed E-state index contributed by atoms with van der Waals surface area (Å²) in [6.07, 6.45) is 0. The van der Waals surface area contributed by atoms with E-state index in [9.17, 15) is 0 Å². The normalized spacial score (nSPS) is 10.1. The molecule has 6 heteroatoms. The molecule has 1 aromatic carbocycles. The minimum Gasteiger partial charge on any atom is -0.497 e. The van der Waals surface area contributed by atoms with Crippen LogP contribution in [0.25, 0.3) is 0 Å². The highest BCUT2D eigenvalue weighted by molar-refractivity contribution is 5.42. The highest BCUT2D eigenvalue weighted by atomic mass is 16.5. The van der Waals surface area contributed by atoms with Gasteiger partial charge in [0.15, 0.2) is 0 Å². The summed E-state index contributed by atoms with van der Waals surface area (Å²) in [6.45, 7) is 3.15. The van der Waals surface area contributed by atoms with Crippen LogP contribution in [0, 0.1) is 0 Å². The predicted molar refractivity (Wildman–Crippen MR) is 77.9 cm³/mol. The highest BCUT2D eigenvalue weighted by Crippen LogP contribution is 2.17. The smallest absolute Gasteiger partial charge is 0.225 e. The minimum atomic E-state index is 0.188. The molecule has 6 nitrogen and oxygen atoms in total. The number of methoxy groups -OCH3 is 1. The predicted octanol–water partition coefficient (Wildman–Crippen LogP) is 2.08. The summed E-state index contributed by atoms with van der Waals surface area (Å²) >= 11 is 0. The second kappa shape index (κ2) is 6.60. The van der Waals surface area contributed by atoms with Crippen LogP contribution in [0.5, 0.6) is 11.6 Å². The number of anilines is 2. The van der Waals surface area contributed by atoms with Crippen LogP contribution in [0.4, 0.5) is 11.8 Å². The first-order valence-electron chi connectivity index (χ1n) is 6.35. The van der Waals surface area contributed by atoms with Crippen molar-refractivity contribution in [2.45, 2.75) is 13.5 Å². The summed E-state index contributed by atoms with van der Waals surface area (Å²) in [4.78, 5) is 8.10. The third-order valence-electron chi connectivity index (χ3n) is 2.62. The maximum absolute atomic E-state index is 5.64. The second-order valence-electron chi connectivity index (χ2n) is 4.12. The van der Waals surface area contributed by atoms with Crippen molar-refractivity contribution in [2.75, 3.05) is 24.7 Å². The van der Waals surface area contributed by atoms with Gasteiger partial charge in [-0.1, -0.05) is 12.1 Å². The highest BCUT2D eigenvalue weighted by Gasteiger charge is 2.03. The number of nitrogens with one attached hydrogen (secondary N) is 1. The Morgan fingerprint density at radius 2 is 1.95 bits per heavy atom. The van der Waals surface area contributed by atoms with Crippen LogP contribution in [0.2, 0.25) is 0 Å². The van der Waals surface area contributed by atoms with Crippen LogP contribution in [0.1, 0.15) is 12.5 Å². The fourth-order valence-electron chi connectivity index (χ4n) is 1.67. The summed E-state index contributed by atoms with van der Waals surface area (Å²) in [5.74, 6) is 2.11. The van der Waals surface area contributed by atoms with E-state index in [1.165, 1.54) is 0 Å². The summed E-state index contributed by atoms with van der Waals surface area (Å²) in [7, 11) is 1.64. The van der Waals surface area contributed by atoms with E-state index in [1.807, 2.05) is 31.2 Å². The maximum Gasteiger partial charge on any atom is 0.225 e. The molecule has 1 heterocycles. The van der Waals surface area contributed by atoms with Gasteiger partial charge in [0, 0.05) is 12.6 Å². The topological polar surface area (TPSA) is 82.3 Å². The third kappa shape index (κ3) is 3.74. The van der Waals surface area contributed by atoms with Gasteiger partial charge in [0.05, 0.1) is 7.11 Å². The molecule has 0 bridgehead atoms. The van der Waals surface area contributed by atoms with Crippen molar-refractivity contribution in [1.82, 2.24) is 9.97 Å². The Kier molecular flexibility index (Phi) is 4.60. The summed E-state index contributed by atoms with van der Waals surface area (Å²) in [5, 5.41) is 3.07. The average Bonchev–Trinajstić information content (AvgIpc) is 2.45. The number of nitrogens with zero attached hydrogens (tertiary/aromatic N) is 2. The van der Waals surface area contributed by atoms with E-state index in [2.05, 4.69) is 15.3 Å². The van der Waals surface area contributed by atoms with E-state index < -0.39 is 0 Å². The van der Waals surface area contributed by atoms with E-state index in [0.717, 1.165) is 17.9 Å². The largest absolute Gasteiger partial charge is 0.497 e. The number of ether oxygens (including phenoxy) is 2. The molecular formula is C14H18N4O2.